The summed E-state index contributed by atoms with van der Waals surface area (Å²) in [5.74, 6) is 0.771. The lowest BCUT2D eigenvalue weighted by Gasteiger charge is -2.39. The number of benzene rings is 1. The van der Waals surface area contributed by atoms with Crippen LogP contribution in [-0.2, 0) is 4.79 Å². The number of halogens is 2. The predicted molar refractivity (Wildman–Crippen MR) is 95.4 cm³/mol. The quantitative estimate of drug-likeness (QED) is 0.796. The smallest absolute Gasteiger partial charge is 0.207 e. The van der Waals surface area contributed by atoms with E-state index >= 15 is 0 Å². The predicted octanol–water partition coefficient (Wildman–Crippen LogP) is 3.03. The van der Waals surface area contributed by atoms with Crippen molar-refractivity contribution in [3.05, 3.63) is 28.2 Å². The van der Waals surface area contributed by atoms with E-state index in [4.69, 9.17) is 23.2 Å². The second-order valence-corrected chi connectivity index (χ2v) is 7.29. The lowest BCUT2D eigenvalue weighted by Crippen LogP contribution is -2.48. The number of hydrogen-bond donors (Lipinski definition) is 1. The highest BCUT2D eigenvalue weighted by Gasteiger charge is 2.29. The maximum atomic E-state index is 10.4. The van der Waals surface area contributed by atoms with Crippen LogP contribution >= 0.6 is 23.2 Å². The van der Waals surface area contributed by atoms with Crippen molar-refractivity contribution in [1.29, 1.82) is 0 Å². The Morgan fingerprint density at radius 3 is 2.61 bits per heavy atom. The van der Waals surface area contributed by atoms with Crippen LogP contribution in [0.2, 0.25) is 10.0 Å². The van der Waals surface area contributed by atoms with Gasteiger partial charge in [0.25, 0.3) is 0 Å². The van der Waals surface area contributed by atoms with Crippen LogP contribution in [0.3, 0.4) is 0 Å². The lowest BCUT2D eigenvalue weighted by molar-refractivity contribution is -0.110. The zero-order valence-electron chi connectivity index (χ0n) is 13.2. The third-order valence-electron chi connectivity index (χ3n) is 5.04. The van der Waals surface area contributed by atoms with Gasteiger partial charge in [-0.05, 0) is 43.9 Å². The number of hydrogen-bond acceptors (Lipinski definition) is 3. The Bertz CT molecular complexity index is 541. The molecule has 2 aliphatic rings. The maximum absolute atomic E-state index is 10.4. The van der Waals surface area contributed by atoms with E-state index in [0.717, 1.165) is 63.6 Å². The molecule has 1 N–H and O–H groups in total. The van der Waals surface area contributed by atoms with Gasteiger partial charge in [0.05, 0.1) is 15.7 Å². The first-order valence-electron chi connectivity index (χ1n) is 8.28. The van der Waals surface area contributed by atoms with Crippen LogP contribution in [0.15, 0.2) is 18.2 Å². The Balaban J connectivity index is 1.41. The van der Waals surface area contributed by atoms with Gasteiger partial charge in [-0.25, -0.2) is 0 Å². The zero-order valence-corrected chi connectivity index (χ0v) is 14.7. The molecule has 6 heteroatoms. The van der Waals surface area contributed by atoms with Crippen molar-refractivity contribution in [2.24, 2.45) is 5.92 Å². The summed E-state index contributed by atoms with van der Waals surface area (Å²) >= 11 is 12.4. The third-order valence-corrected chi connectivity index (χ3v) is 5.85. The molecule has 0 radical (unpaired) electrons. The molecular weight excluding hydrogens is 333 g/mol. The molecule has 1 aliphatic carbocycles. The summed E-state index contributed by atoms with van der Waals surface area (Å²) in [7, 11) is 0. The summed E-state index contributed by atoms with van der Waals surface area (Å²) in [6, 6.07) is 6.24. The van der Waals surface area contributed by atoms with Gasteiger partial charge in [0.1, 0.15) is 0 Å². The molecule has 1 saturated heterocycles. The summed E-state index contributed by atoms with van der Waals surface area (Å²) in [5.41, 5.74) is 1.04. The van der Waals surface area contributed by atoms with Gasteiger partial charge in [0, 0.05) is 32.2 Å². The van der Waals surface area contributed by atoms with Gasteiger partial charge in [-0.15, -0.1) is 0 Å². The summed E-state index contributed by atoms with van der Waals surface area (Å²) < 4.78 is 0. The van der Waals surface area contributed by atoms with E-state index in [-0.39, 0.29) is 0 Å². The second-order valence-electron chi connectivity index (χ2n) is 6.51. The van der Waals surface area contributed by atoms with E-state index in [1.807, 2.05) is 18.2 Å². The number of piperazine rings is 1. The number of amides is 1. The van der Waals surface area contributed by atoms with E-state index in [0.29, 0.717) is 16.1 Å². The van der Waals surface area contributed by atoms with Gasteiger partial charge in [0.15, 0.2) is 0 Å². The molecule has 0 bridgehead atoms. The van der Waals surface area contributed by atoms with E-state index in [1.54, 1.807) is 0 Å². The molecule has 0 unspecified atom stereocenters. The average molecular weight is 356 g/mol. The van der Waals surface area contributed by atoms with E-state index < -0.39 is 0 Å². The average Bonchev–Trinajstić information content (AvgIpc) is 2.53. The number of carbonyl (C=O) groups excluding carboxylic acids is 1. The number of carbonyl (C=O) groups is 1. The van der Waals surface area contributed by atoms with Crippen molar-refractivity contribution in [3.8, 4) is 0 Å². The Morgan fingerprint density at radius 1 is 1.17 bits per heavy atom. The molecule has 126 valence electrons. The van der Waals surface area contributed by atoms with Gasteiger partial charge in [-0.2, -0.15) is 0 Å². The number of anilines is 1. The van der Waals surface area contributed by atoms with Crippen LogP contribution in [0.25, 0.3) is 0 Å². The standard InChI is InChI=1S/C17H23Cl2N3O/c18-15-2-1-3-16(17(15)19)22-8-6-21(7-9-22)5-4-13-10-14(11-13)20-12-23/h1-3,12-14H,4-11H2,(H,20,23)/t13-,14+. The van der Waals surface area contributed by atoms with Crippen molar-refractivity contribution in [2.75, 3.05) is 37.6 Å². The largest absolute Gasteiger partial charge is 0.368 e. The number of rotatable bonds is 6. The SMILES string of the molecule is O=CN[C@H]1C[C@@H](CCN2CCN(c3cccc(Cl)c3Cl)CC2)C1. The highest BCUT2D eigenvalue weighted by Crippen LogP contribution is 2.33. The molecule has 23 heavy (non-hydrogen) atoms. The van der Waals surface area contributed by atoms with Gasteiger partial charge in [-0.1, -0.05) is 29.3 Å². The van der Waals surface area contributed by atoms with Crippen molar-refractivity contribution in [1.82, 2.24) is 10.2 Å². The molecule has 0 atom stereocenters. The normalized spacial score (nSPS) is 25.0. The molecule has 0 aromatic heterocycles. The lowest BCUT2D eigenvalue weighted by atomic mass is 9.78. The van der Waals surface area contributed by atoms with Crippen molar-refractivity contribution >= 4 is 35.3 Å². The molecule has 1 aromatic carbocycles. The first-order chi connectivity index (χ1) is 11.2. The number of nitrogens with zero attached hydrogens (tertiary/aromatic N) is 2. The molecule has 1 saturated carbocycles. The fraction of sp³-hybridized carbons (Fsp3) is 0.588. The zero-order chi connectivity index (χ0) is 16.2. The van der Waals surface area contributed by atoms with Crippen molar-refractivity contribution < 1.29 is 4.79 Å². The summed E-state index contributed by atoms with van der Waals surface area (Å²) in [5, 5.41) is 4.14. The fourth-order valence-corrected chi connectivity index (χ4v) is 3.93. The molecular formula is C17H23Cl2N3O. The fourth-order valence-electron chi connectivity index (χ4n) is 3.52. The number of nitrogens with one attached hydrogen (secondary N) is 1. The van der Waals surface area contributed by atoms with Crippen molar-refractivity contribution in [2.45, 2.75) is 25.3 Å². The Labute approximate surface area is 147 Å². The third kappa shape index (κ3) is 4.11. The minimum absolute atomic E-state index is 0.416. The van der Waals surface area contributed by atoms with E-state index in [9.17, 15) is 4.79 Å². The highest BCUT2D eigenvalue weighted by atomic mass is 35.5. The Kier molecular flexibility index (Phi) is 5.67. The van der Waals surface area contributed by atoms with Gasteiger partial charge >= 0.3 is 0 Å². The summed E-state index contributed by atoms with van der Waals surface area (Å²) in [6.45, 7) is 5.24. The molecule has 3 rings (SSSR count). The molecule has 1 aromatic rings. The van der Waals surface area contributed by atoms with Gasteiger partial charge in [0.2, 0.25) is 6.41 Å². The van der Waals surface area contributed by atoms with Crippen LogP contribution in [0.1, 0.15) is 19.3 Å². The monoisotopic (exact) mass is 355 g/mol. The Hall–Kier alpha value is -0.970. The van der Waals surface area contributed by atoms with Crippen LogP contribution in [0.4, 0.5) is 5.69 Å². The van der Waals surface area contributed by atoms with Crippen LogP contribution in [0, 0.1) is 5.92 Å². The van der Waals surface area contributed by atoms with E-state index in [2.05, 4.69) is 15.1 Å². The van der Waals surface area contributed by atoms with Crippen molar-refractivity contribution in [3.63, 3.8) is 0 Å². The molecule has 2 fully saturated rings. The molecule has 4 nitrogen and oxygen atoms in total. The summed E-state index contributed by atoms with van der Waals surface area (Å²) in [6.07, 6.45) is 4.32. The molecule has 1 amide bonds. The maximum Gasteiger partial charge on any atom is 0.207 e. The highest BCUT2D eigenvalue weighted by molar-refractivity contribution is 6.43. The minimum Gasteiger partial charge on any atom is -0.368 e. The second kappa shape index (κ2) is 7.73. The van der Waals surface area contributed by atoms with Gasteiger partial charge in [-0.3, -0.25) is 9.69 Å². The summed E-state index contributed by atoms with van der Waals surface area (Å²) in [4.78, 5) is 15.2. The first-order valence-corrected chi connectivity index (χ1v) is 9.04. The minimum atomic E-state index is 0.416. The van der Waals surface area contributed by atoms with E-state index in [1.165, 1.54) is 6.42 Å². The molecule has 1 aliphatic heterocycles. The van der Waals surface area contributed by atoms with Crippen LogP contribution in [0.5, 0.6) is 0 Å². The Morgan fingerprint density at radius 2 is 1.91 bits per heavy atom. The topological polar surface area (TPSA) is 35.6 Å². The first kappa shape index (κ1) is 16.9. The van der Waals surface area contributed by atoms with Crippen LogP contribution < -0.4 is 10.2 Å². The molecule has 0 spiro atoms. The van der Waals surface area contributed by atoms with Crippen LogP contribution in [-0.4, -0.2) is 50.1 Å². The van der Waals surface area contributed by atoms with Gasteiger partial charge < -0.3 is 10.2 Å². The molecule has 1 heterocycles.